The van der Waals surface area contributed by atoms with Gasteiger partial charge in [-0.25, -0.2) is 12.4 Å². The molecule has 9 heteroatoms. The van der Waals surface area contributed by atoms with Gasteiger partial charge in [-0.2, -0.15) is 0 Å². The first-order chi connectivity index (χ1) is 11.3. The number of amides is 1. The number of nitrogens with zero attached hydrogens (tertiary/aromatic N) is 1. The average molecular weight is 363 g/mol. The average Bonchev–Trinajstić information content (AvgIpc) is 2.85. The molecule has 124 valence electrons. The Labute approximate surface area is 142 Å². The number of hydrogen-bond acceptors (Lipinski definition) is 5. The highest BCUT2D eigenvalue weighted by Gasteiger charge is 2.19. The second-order valence-electron chi connectivity index (χ2n) is 5.15. The SMILES string of the molecule is CC(=O)Nc1ccc2cc(S(=O)(=O)n3cc(O)[nH]c3=S)ccc2c1. The molecule has 3 N–H and O–H groups in total. The maximum absolute atomic E-state index is 12.6. The molecule has 0 bridgehead atoms. The van der Waals surface area contributed by atoms with E-state index >= 15 is 0 Å². The van der Waals surface area contributed by atoms with Gasteiger partial charge in [0.05, 0.1) is 11.1 Å². The summed E-state index contributed by atoms with van der Waals surface area (Å²) in [6.45, 7) is 1.41. The van der Waals surface area contributed by atoms with Crippen LogP contribution >= 0.6 is 12.2 Å². The number of H-pyrrole nitrogens is 1. The minimum absolute atomic E-state index is 0.0392. The maximum atomic E-state index is 12.6. The number of anilines is 1. The highest BCUT2D eigenvalue weighted by Crippen LogP contribution is 2.24. The molecule has 0 fully saturated rings. The highest BCUT2D eigenvalue weighted by molar-refractivity contribution is 7.90. The number of carbonyl (C=O) groups is 1. The topological polar surface area (TPSA) is 104 Å². The van der Waals surface area contributed by atoms with Crippen LogP contribution in [0.1, 0.15) is 6.92 Å². The molecular formula is C15H13N3O4S2. The normalized spacial score (nSPS) is 11.5. The predicted octanol–water partition coefficient (Wildman–Crippen LogP) is 2.60. The first-order valence-corrected chi connectivity index (χ1v) is 8.70. The first kappa shape index (κ1) is 16.2. The number of hydrogen-bond donors (Lipinski definition) is 3. The van der Waals surface area contributed by atoms with Gasteiger partial charge in [0.15, 0.2) is 4.77 Å². The summed E-state index contributed by atoms with van der Waals surface area (Å²) >= 11 is 4.90. The molecule has 0 atom stereocenters. The third-order valence-electron chi connectivity index (χ3n) is 3.36. The summed E-state index contributed by atoms with van der Waals surface area (Å²) in [6, 6.07) is 9.75. The summed E-state index contributed by atoms with van der Waals surface area (Å²) in [7, 11) is -3.92. The quantitative estimate of drug-likeness (QED) is 0.621. The predicted molar refractivity (Wildman–Crippen MR) is 92.1 cm³/mol. The minimum atomic E-state index is -3.92. The molecule has 0 radical (unpaired) electrons. The Morgan fingerprint density at radius 3 is 2.50 bits per heavy atom. The third-order valence-corrected chi connectivity index (χ3v) is 5.43. The molecule has 2 aromatic carbocycles. The molecule has 3 rings (SSSR count). The molecule has 0 saturated heterocycles. The number of aromatic hydroxyl groups is 1. The third kappa shape index (κ3) is 2.91. The van der Waals surface area contributed by atoms with Crippen LogP contribution in [0.5, 0.6) is 5.88 Å². The number of carbonyl (C=O) groups excluding carboxylic acids is 1. The molecule has 0 aliphatic carbocycles. The Bertz CT molecular complexity index is 1110. The molecule has 3 aromatic rings. The lowest BCUT2D eigenvalue weighted by Gasteiger charge is -2.08. The van der Waals surface area contributed by atoms with Gasteiger partial charge in [0.25, 0.3) is 10.0 Å². The van der Waals surface area contributed by atoms with Crippen LogP contribution in [0.2, 0.25) is 0 Å². The number of benzene rings is 2. The van der Waals surface area contributed by atoms with Crippen LogP contribution in [0.25, 0.3) is 10.8 Å². The summed E-state index contributed by atoms with van der Waals surface area (Å²) in [5.74, 6) is -0.514. The summed E-state index contributed by atoms with van der Waals surface area (Å²) in [4.78, 5) is 13.5. The fraction of sp³-hybridized carbons (Fsp3) is 0.0667. The van der Waals surface area contributed by atoms with Crippen LogP contribution in [-0.2, 0) is 14.8 Å². The van der Waals surface area contributed by atoms with Gasteiger partial charge < -0.3 is 15.4 Å². The van der Waals surface area contributed by atoms with Crippen molar-refractivity contribution < 1.29 is 18.3 Å². The van der Waals surface area contributed by atoms with Gasteiger partial charge in [0.1, 0.15) is 0 Å². The molecule has 1 amide bonds. The van der Waals surface area contributed by atoms with E-state index in [1.807, 2.05) is 0 Å². The van der Waals surface area contributed by atoms with E-state index in [1.165, 1.54) is 19.1 Å². The molecule has 0 aliphatic rings. The summed E-state index contributed by atoms with van der Waals surface area (Å²) < 4.78 is 26.0. The van der Waals surface area contributed by atoms with Gasteiger partial charge in [-0.1, -0.05) is 12.1 Å². The van der Waals surface area contributed by atoms with Crippen LogP contribution in [0.15, 0.2) is 47.5 Å². The zero-order chi connectivity index (χ0) is 17.5. The zero-order valence-electron chi connectivity index (χ0n) is 12.5. The lowest BCUT2D eigenvalue weighted by molar-refractivity contribution is -0.114. The van der Waals surface area contributed by atoms with Gasteiger partial charge in [-0.3, -0.25) is 4.79 Å². The van der Waals surface area contributed by atoms with Crippen LogP contribution in [-0.4, -0.2) is 28.4 Å². The van der Waals surface area contributed by atoms with Crippen LogP contribution in [0, 0.1) is 4.77 Å². The Balaban J connectivity index is 2.09. The van der Waals surface area contributed by atoms with Crippen molar-refractivity contribution in [3.05, 3.63) is 47.4 Å². The van der Waals surface area contributed by atoms with Crippen molar-refractivity contribution in [3.8, 4) is 5.88 Å². The molecule has 0 saturated carbocycles. The van der Waals surface area contributed by atoms with Crippen molar-refractivity contribution in [1.82, 2.24) is 8.96 Å². The fourth-order valence-electron chi connectivity index (χ4n) is 2.32. The molecule has 1 heterocycles. The molecule has 1 aromatic heterocycles. The van der Waals surface area contributed by atoms with Crippen LogP contribution in [0.4, 0.5) is 5.69 Å². The number of aromatic amines is 1. The zero-order valence-corrected chi connectivity index (χ0v) is 14.1. The van der Waals surface area contributed by atoms with E-state index < -0.39 is 10.0 Å². The molecular weight excluding hydrogens is 350 g/mol. The summed E-state index contributed by atoms with van der Waals surface area (Å²) in [6.07, 6.45) is 1.02. The van der Waals surface area contributed by atoms with Crippen molar-refractivity contribution in [3.63, 3.8) is 0 Å². The monoisotopic (exact) mass is 363 g/mol. The number of imidazole rings is 1. The van der Waals surface area contributed by atoms with Crippen molar-refractivity contribution in [1.29, 1.82) is 0 Å². The number of fused-ring (bicyclic) bond motifs is 1. The van der Waals surface area contributed by atoms with Crippen molar-refractivity contribution in [2.75, 3.05) is 5.32 Å². The Morgan fingerprint density at radius 1 is 1.21 bits per heavy atom. The Hall–Kier alpha value is -2.65. The first-order valence-electron chi connectivity index (χ1n) is 6.85. The smallest absolute Gasteiger partial charge is 0.270 e. The van der Waals surface area contributed by atoms with Gasteiger partial charge >= 0.3 is 0 Å². The molecule has 0 unspecified atom stereocenters. The van der Waals surface area contributed by atoms with E-state index in [4.69, 9.17) is 12.2 Å². The largest absolute Gasteiger partial charge is 0.493 e. The van der Waals surface area contributed by atoms with E-state index in [1.54, 1.807) is 24.3 Å². The van der Waals surface area contributed by atoms with E-state index in [2.05, 4.69) is 10.3 Å². The van der Waals surface area contributed by atoms with Crippen molar-refractivity contribution in [2.45, 2.75) is 11.8 Å². The van der Waals surface area contributed by atoms with Crippen LogP contribution in [0.3, 0.4) is 0 Å². The lowest BCUT2D eigenvalue weighted by atomic mass is 10.1. The van der Waals surface area contributed by atoms with E-state index in [9.17, 15) is 18.3 Å². The molecule has 24 heavy (non-hydrogen) atoms. The highest BCUT2D eigenvalue weighted by atomic mass is 32.2. The number of aromatic nitrogens is 2. The standard InChI is InChI=1S/C15H13N3O4S2/c1-9(19)16-12-4-2-11-7-13(5-3-10(11)6-12)24(21,22)18-8-14(20)17-15(18)23/h2-8,20H,1H3,(H,16,19)(H,17,23). The second kappa shape index (κ2) is 5.77. The Morgan fingerprint density at radius 2 is 1.88 bits per heavy atom. The van der Waals surface area contributed by atoms with E-state index in [0.29, 0.717) is 11.1 Å². The minimum Gasteiger partial charge on any atom is -0.493 e. The van der Waals surface area contributed by atoms with Gasteiger partial charge in [-0.15, -0.1) is 0 Å². The second-order valence-corrected chi connectivity index (χ2v) is 7.35. The molecule has 7 nitrogen and oxygen atoms in total. The van der Waals surface area contributed by atoms with Gasteiger partial charge in [0.2, 0.25) is 11.8 Å². The summed E-state index contributed by atoms with van der Waals surface area (Å²) in [5.41, 5.74) is 0.628. The maximum Gasteiger partial charge on any atom is 0.270 e. The van der Waals surface area contributed by atoms with E-state index in [-0.39, 0.29) is 21.5 Å². The van der Waals surface area contributed by atoms with Gasteiger partial charge in [-0.05, 0) is 47.3 Å². The van der Waals surface area contributed by atoms with Crippen molar-refractivity contribution >= 4 is 44.6 Å². The van der Waals surface area contributed by atoms with Crippen molar-refractivity contribution in [2.24, 2.45) is 0 Å². The van der Waals surface area contributed by atoms with Gasteiger partial charge in [0, 0.05) is 12.6 Å². The van der Waals surface area contributed by atoms with Crippen LogP contribution < -0.4 is 5.32 Å². The Kier molecular flexibility index (Phi) is 3.90. The molecule has 0 spiro atoms. The number of rotatable bonds is 3. The molecule has 0 aliphatic heterocycles. The van der Waals surface area contributed by atoms with E-state index in [0.717, 1.165) is 15.6 Å². The number of nitrogens with one attached hydrogen (secondary N) is 2. The fourth-order valence-corrected chi connectivity index (χ4v) is 4.02. The lowest BCUT2D eigenvalue weighted by Crippen LogP contribution is -2.12. The summed E-state index contributed by atoms with van der Waals surface area (Å²) in [5, 5.41) is 13.5.